The van der Waals surface area contributed by atoms with Gasteiger partial charge in [-0.25, -0.2) is 4.79 Å². The Morgan fingerprint density at radius 3 is 2.60 bits per heavy atom. The zero-order chi connectivity index (χ0) is 7.98. The van der Waals surface area contributed by atoms with E-state index in [9.17, 15) is 4.79 Å². The number of carbonyl (C=O) groups excluding carboxylic acids is 1. The number of esters is 1. The summed E-state index contributed by atoms with van der Waals surface area (Å²) in [5, 5.41) is 0. The third-order valence-electron chi connectivity index (χ3n) is 0.791. The van der Waals surface area contributed by atoms with Crippen molar-refractivity contribution >= 4 is 5.97 Å². The SMILES string of the molecule is C=C(C)/C=C/C(=O)OCC. The van der Waals surface area contributed by atoms with Crippen molar-refractivity contribution in [2.24, 2.45) is 0 Å². The molecule has 0 aromatic carbocycles. The van der Waals surface area contributed by atoms with Crippen LogP contribution in [0.3, 0.4) is 0 Å². The van der Waals surface area contributed by atoms with Crippen molar-refractivity contribution in [2.75, 3.05) is 6.61 Å². The van der Waals surface area contributed by atoms with E-state index >= 15 is 0 Å². The van der Waals surface area contributed by atoms with Crippen LogP contribution in [0, 0.1) is 0 Å². The highest BCUT2D eigenvalue weighted by atomic mass is 16.5. The molecule has 0 N–H and O–H groups in total. The van der Waals surface area contributed by atoms with Gasteiger partial charge in [0, 0.05) is 6.08 Å². The van der Waals surface area contributed by atoms with Gasteiger partial charge in [0.2, 0.25) is 0 Å². The third-order valence-corrected chi connectivity index (χ3v) is 0.791. The van der Waals surface area contributed by atoms with Crippen LogP contribution >= 0.6 is 0 Å². The quantitative estimate of drug-likeness (QED) is 0.338. The van der Waals surface area contributed by atoms with Gasteiger partial charge >= 0.3 is 5.97 Å². The van der Waals surface area contributed by atoms with Gasteiger partial charge < -0.3 is 4.74 Å². The van der Waals surface area contributed by atoms with Gasteiger partial charge in [-0.15, -0.1) is 0 Å². The Bertz CT molecular complexity index is 157. The molecule has 0 aliphatic heterocycles. The zero-order valence-corrected chi connectivity index (χ0v) is 6.39. The summed E-state index contributed by atoms with van der Waals surface area (Å²) in [6, 6.07) is 0. The van der Waals surface area contributed by atoms with Crippen LogP contribution in [0.25, 0.3) is 0 Å². The van der Waals surface area contributed by atoms with Crippen molar-refractivity contribution in [1.82, 2.24) is 0 Å². The van der Waals surface area contributed by atoms with E-state index < -0.39 is 0 Å². The monoisotopic (exact) mass is 140 g/mol. The van der Waals surface area contributed by atoms with Crippen molar-refractivity contribution in [2.45, 2.75) is 13.8 Å². The average Bonchev–Trinajstić information content (AvgIpc) is 1.85. The molecule has 2 heteroatoms. The van der Waals surface area contributed by atoms with E-state index in [1.54, 1.807) is 13.0 Å². The van der Waals surface area contributed by atoms with Crippen LogP contribution in [0.15, 0.2) is 24.3 Å². The lowest BCUT2D eigenvalue weighted by Gasteiger charge is -1.93. The summed E-state index contributed by atoms with van der Waals surface area (Å²) < 4.78 is 4.63. The van der Waals surface area contributed by atoms with Gasteiger partial charge in [-0.05, 0) is 13.8 Å². The van der Waals surface area contributed by atoms with Crippen molar-refractivity contribution in [3.63, 3.8) is 0 Å². The highest BCUT2D eigenvalue weighted by Crippen LogP contribution is 1.89. The fourth-order valence-electron chi connectivity index (χ4n) is 0.401. The van der Waals surface area contributed by atoms with Crippen LogP contribution in [0.2, 0.25) is 0 Å². The number of ether oxygens (including phenoxy) is 1. The molecule has 0 fully saturated rings. The van der Waals surface area contributed by atoms with Gasteiger partial charge in [-0.3, -0.25) is 0 Å². The first-order valence-electron chi connectivity index (χ1n) is 3.17. The maximum Gasteiger partial charge on any atom is 0.330 e. The predicted octanol–water partition coefficient (Wildman–Crippen LogP) is 1.68. The first kappa shape index (κ1) is 8.95. The third kappa shape index (κ3) is 5.09. The Morgan fingerprint density at radius 1 is 1.60 bits per heavy atom. The molecule has 0 heterocycles. The Labute approximate surface area is 61.2 Å². The Morgan fingerprint density at radius 2 is 2.20 bits per heavy atom. The van der Waals surface area contributed by atoms with Crippen molar-refractivity contribution in [3.8, 4) is 0 Å². The molecule has 0 aromatic rings. The molecule has 2 nitrogen and oxygen atoms in total. The second-order valence-corrected chi connectivity index (χ2v) is 1.93. The van der Waals surface area contributed by atoms with Gasteiger partial charge in [-0.2, -0.15) is 0 Å². The predicted molar refractivity (Wildman–Crippen MR) is 40.6 cm³/mol. The smallest absolute Gasteiger partial charge is 0.330 e. The molecular formula is C8H12O2. The van der Waals surface area contributed by atoms with Gasteiger partial charge in [0.05, 0.1) is 6.61 Å². The Kier molecular flexibility index (Phi) is 4.29. The lowest BCUT2D eigenvalue weighted by molar-refractivity contribution is -0.137. The van der Waals surface area contributed by atoms with E-state index in [0.29, 0.717) is 6.61 Å². The van der Waals surface area contributed by atoms with Crippen molar-refractivity contribution in [3.05, 3.63) is 24.3 Å². The molecular weight excluding hydrogens is 128 g/mol. The molecule has 0 bridgehead atoms. The highest BCUT2D eigenvalue weighted by Gasteiger charge is 1.90. The standard InChI is InChI=1S/C8H12O2/c1-4-10-8(9)6-5-7(2)3/h5-6H,2,4H2,1,3H3/b6-5+. The number of hydrogen-bond acceptors (Lipinski definition) is 2. The molecule has 10 heavy (non-hydrogen) atoms. The summed E-state index contributed by atoms with van der Waals surface area (Å²) >= 11 is 0. The number of rotatable bonds is 3. The van der Waals surface area contributed by atoms with E-state index in [-0.39, 0.29) is 5.97 Å². The molecule has 0 saturated carbocycles. The summed E-state index contributed by atoms with van der Waals surface area (Å²) in [7, 11) is 0. The zero-order valence-electron chi connectivity index (χ0n) is 6.39. The van der Waals surface area contributed by atoms with E-state index in [1.165, 1.54) is 6.08 Å². The summed E-state index contributed by atoms with van der Waals surface area (Å²) in [6.07, 6.45) is 2.99. The normalized spacial score (nSPS) is 9.80. The average molecular weight is 140 g/mol. The topological polar surface area (TPSA) is 26.3 Å². The number of hydrogen-bond donors (Lipinski definition) is 0. The molecule has 0 atom stereocenters. The molecule has 0 spiro atoms. The second kappa shape index (κ2) is 4.79. The summed E-state index contributed by atoms with van der Waals surface area (Å²) in [4.78, 5) is 10.6. The van der Waals surface area contributed by atoms with Gasteiger partial charge in [0.15, 0.2) is 0 Å². The molecule has 56 valence electrons. The minimum Gasteiger partial charge on any atom is -0.463 e. The van der Waals surface area contributed by atoms with Crippen LogP contribution in [-0.4, -0.2) is 12.6 Å². The lowest BCUT2D eigenvalue weighted by atomic mass is 10.3. The van der Waals surface area contributed by atoms with Crippen LogP contribution in [-0.2, 0) is 9.53 Å². The van der Waals surface area contributed by atoms with E-state index in [1.807, 2.05) is 6.92 Å². The minimum atomic E-state index is -0.314. The minimum absolute atomic E-state index is 0.314. The van der Waals surface area contributed by atoms with E-state index in [0.717, 1.165) is 5.57 Å². The maximum absolute atomic E-state index is 10.6. The van der Waals surface area contributed by atoms with E-state index in [2.05, 4.69) is 11.3 Å². The van der Waals surface area contributed by atoms with Gasteiger partial charge in [0.25, 0.3) is 0 Å². The van der Waals surface area contributed by atoms with Crippen molar-refractivity contribution < 1.29 is 9.53 Å². The van der Waals surface area contributed by atoms with Crippen LogP contribution in [0.5, 0.6) is 0 Å². The maximum atomic E-state index is 10.6. The second-order valence-electron chi connectivity index (χ2n) is 1.93. The van der Waals surface area contributed by atoms with Crippen molar-refractivity contribution in [1.29, 1.82) is 0 Å². The van der Waals surface area contributed by atoms with Crippen LogP contribution < -0.4 is 0 Å². The van der Waals surface area contributed by atoms with Gasteiger partial charge in [0.1, 0.15) is 0 Å². The summed E-state index contributed by atoms with van der Waals surface area (Å²) in [6.45, 7) is 7.59. The fourth-order valence-corrected chi connectivity index (χ4v) is 0.401. The Balaban J connectivity index is 3.67. The molecule has 0 aromatic heterocycles. The summed E-state index contributed by atoms with van der Waals surface area (Å²) in [5.41, 5.74) is 0.841. The summed E-state index contributed by atoms with van der Waals surface area (Å²) in [5.74, 6) is -0.314. The molecule has 0 rings (SSSR count). The van der Waals surface area contributed by atoms with Crippen LogP contribution in [0.4, 0.5) is 0 Å². The van der Waals surface area contributed by atoms with Crippen LogP contribution in [0.1, 0.15) is 13.8 Å². The van der Waals surface area contributed by atoms with E-state index in [4.69, 9.17) is 0 Å². The Hall–Kier alpha value is -1.05. The first-order chi connectivity index (χ1) is 4.66. The molecule has 0 aliphatic carbocycles. The lowest BCUT2D eigenvalue weighted by Crippen LogP contribution is -1.98. The number of allylic oxidation sites excluding steroid dienone is 2. The molecule has 0 radical (unpaired) electrons. The largest absolute Gasteiger partial charge is 0.463 e. The molecule has 0 amide bonds. The fraction of sp³-hybridized carbons (Fsp3) is 0.375. The number of carbonyl (C=O) groups is 1. The van der Waals surface area contributed by atoms with Gasteiger partial charge in [-0.1, -0.05) is 18.2 Å². The first-order valence-corrected chi connectivity index (χ1v) is 3.17. The molecule has 0 saturated heterocycles. The highest BCUT2D eigenvalue weighted by molar-refractivity contribution is 5.82. The molecule has 0 unspecified atom stereocenters. The molecule has 0 aliphatic rings.